The van der Waals surface area contributed by atoms with Crippen molar-refractivity contribution < 1.29 is 14.3 Å². The first-order valence-corrected chi connectivity index (χ1v) is 7.90. The fourth-order valence-electron chi connectivity index (χ4n) is 1.87. The lowest BCUT2D eigenvalue weighted by atomic mass is 10.2. The van der Waals surface area contributed by atoms with Gasteiger partial charge >= 0.3 is 5.97 Å². The first-order chi connectivity index (χ1) is 11.4. The zero-order valence-corrected chi connectivity index (χ0v) is 14.8. The van der Waals surface area contributed by atoms with Gasteiger partial charge in [0.1, 0.15) is 0 Å². The number of amides is 1. The molecule has 126 valence electrons. The molecule has 2 aromatic carbocycles. The fourth-order valence-corrected chi connectivity index (χ4v) is 2.46. The molecule has 1 amide bonds. The van der Waals surface area contributed by atoms with Crippen LogP contribution in [0.25, 0.3) is 0 Å². The molecule has 0 saturated carbocycles. The summed E-state index contributed by atoms with van der Waals surface area (Å²) in [7, 11) is 1.30. The Balaban J connectivity index is 1.99. The van der Waals surface area contributed by atoms with Crippen molar-refractivity contribution in [2.45, 2.75) is 0 Å². The minimum atomic E-state index is -0.453. The molecule has 0 heterocycles. The van der Waals surface area contributed by atoms with Crippen LogP contribution < -0.4 is 10.6 Å². The number of anilines is 2. The van der Waals surface area contributed by atoms with E-state index < -0.39 is 5.97 Å². The molecular weight excluding hydrogens is 375 g/mol. The Kier molecular flexibility index (Phi) is 6.31. The number of carbonyl (C=O) groups excluding carboxylic acids is 2. The van der Waals surface area contributed by atoms with Gasteiger partial charge in [0.2, 0.25) is 5.91 Å². The molecule has 5 nitrogen and oxygen atoms in total. The molecule has 0 spiro atoms. The number of methoxy groups -OCH3 is 1. The molecule has 0 aliphatic heterocycles. The molecular formula is C16H13Cl3N2O3. The van der Waals surface area contributed by atoms with Gasteiger partial charge < -0.3 is 15.4 Å². The molecule has 2 rings (SSSR count). The van der Waals surface area contributed by atoms with E-state index in [-0.39, 0.29) is 22.5 Å². The summed E-state index contributed by atoms with van der Waals surface area (Å²) in [4.78, 5) is 23.5. The zero-order valence-electron chi connectivity index (χ0n) is 12.5. The van der Waals surface area contributed by atoms with Crippen LogP contribution in [0, 0.1) is 0 Å². The molecule has 0 radical (unpaired) electrons. The lowest BCUT2D eigenvalue weighted by Crippen LogP contribution is -2.22. The maximum atomic E-state index is 12.0. The lowest BCUT2D eigenvalue weighted by molar-refractivity contribution is -0.114. The van der Waals surface area contributed by atoms with E-state index in [4.69, 9.17) is 34.8 Å². The molecule has 8 heteroatoms. The third kappa shape index (κ3) is 4.77. The molecule has 0 aliphatic carbocycles. The summed E-state index contributed by atoms with van der Waals surface area (Å²) in [5.74, 6) is -0.788. The van der Waals surface area contributed by atoms with E-state index in [0.717, 1.165) is 0 Å². The highest BCUT2D eigenvalue weighted by molar-refractivity contribution is 6.44. The number of carbonyl (C=O) groups is 2. The van der Waals surface area contributed by atoms with Crippen LogP contribution in [0.15, 0.2) is 36.4 Å². The van der Waals surface area contributed by atoms with Crippen molar-refractivity contribution in [3.63, 3.8) is 0 Å². The van der Waals surface area contributed by atoms with Gasteiger partial charge in [-0.05, 0) is 30.3 Å². The summed E-state index contributed by atoms with van der Waals surface area (Å²) in [5.41, 5.74) is 1.35. The van der Waals surface area contributed by atoms with Crippen LogP contribution in [-0.2, 0) is 9.53 Å². The number of hydrogen-bond donors (Lipinski definition) is 2. The highest BCUT2D eigenvalue weighted by Crippen LogP contribution is 2.32. The van der Waals surface area contributed by atoms with Crippen molar-refractivity contribution in [2.75, 3.05) is 24.3 Å². The van der Waals surface area contributed by atoms with Crippen LogP contribution in [0.4, 0.5) is 11.4 Å². The van der Waals surface area contributed by atoms with Crippen molar-refractivity contribution in [2.24, 2.45) is 0 Å². The predicted molar refractivity (Wildman–Crippen MR) is 96.4 cm³/mol. The van der Waals surface area contributed by atoms with Crippen molar-refractivity contribution in [1.82, 2.24) is 0 Å². The average Bonchev–Trinajstić information content (AvgIpc) is 2.57. The molecule has 0 aromatic heterocycles. The van der Waals surface area contributed by atoms with Gasteiger partial charge in [-0.15, -0.1) is 0 Å². The van der Waals surface area contributed by atoms with Crippen molar-refractivity contribution >= 4 is 58.1 Å². The summed E-state index contributed by atoms with van der Waals surface area (Å²) in [5, 5.41) is 6.41. The van der Waals surface area contributed by atoms with Gasteiger partial charge in [-0.25, -0.2) is 4.79 Å². The normalized spacial score (nSPS) is 10.2. The third-order valence-corrected chi connectivity index (χ3v) is 4.06. The largest absolute Gasteiger partial charge is 0.465 e. The maximum absolute atomic E-state index is 12.0. The number of rotatable bonds is 5. The van der Waals surface area contributed by atoms with E-state index in [1.807, 2.05) is 0 Å². The molecule has 0 unspecified atom stereocenters. The smallest absolute Gasteiger partial charge is 0.337 e. The monoisotopic (exact) mass is 386 g/mol. The minimum absolute atomic E-state index is 0.0266. The van der Waals surface area contributed by atoms with Gasteiger partial charge in [-0.3, -0.25) is 4.79 Å². The van der Waals surface area contributed by atoms with E-state index in [9.17, 15) is 9.59 Å². The van der Waals surface area contributed by atoms with Crippen molar-refractivity contribution in [1.29, 1.82) is 0 Å². The molecule has 0 bridgehead atoms. The van der Waals surface area contributed by atoms with Crippen molar-refractivity contribution in [3.8, 4) is 0 Å². The van der Waals surface area contributed by atoms with Crippen LogP contribution in [0.2, 0.25) is 15.1 Å². The summed E-state index contributed by atoms with van der Waals surface area (Å²) >= 11 is 17.7. The molecule has 0 atom stereocenters. The van der Waals surface area contributed by atoms with Gasteiger partial charge in [0, 0.05) is 5.69 Å². The second kappa shape index (κ2) is 8.24. The molecule has 0 fully saturated rings. The van der Waals surface area contributed by atoms with Crippen LogP contribution in [0.1, 0.15) is 10.4 Å². The average molecular weight is 388 g/mol. The standard InChI is InChI=1S/C16H13Cl3N2O3/c1-24-16(23)9-3-2-4-10(5-9)20-8-15(22)21-14-7-12(18)11(17)6-13(14)19/h2-7,20H,8H2,1H3,(H,21,22). The number of halogens is 3. The number of benzene rings is 2. The molecule has 24 heavy (non-hydrogen) atoms. The second-order valence-corrected chi connectivity index (χ2v) is 5.94. The quantitative estimate of drug-likeness (QED) is 0.586. The Hall–Kier alpha value is -1.95. The minimum Gasteiger partial charge on any atom is -0.465 e. The molecule has 2 aromatic rings. The number of ether oxygens (including phenoxy) is 1. The van der Waals surface area contributed by atoms with Gasteiger partial charge in [0.05, 0.1) is 40.0 Å². The first kappa shape index (κ1) is 18.4. The topological polar surface area (TPSA) is 67.4 Å². The van der Waals surface area contributed by atoms with Gasteiger partial charge in [-0.1, -0.05) is 40.9 Å². The van der Waals surface area contributed by atoms with Gasteiger partial charge in [0.15, 0.2) is 0 Å². The van der Waals surface area contributed by atoms with Gasteiger partial charge in [0.25, 0.3) is 0 Å². The van der Waals surface area contributed by atoms with Gasteiger partial charge in [-0.2, -0.15) is 0 Å². The van der Waals surface area contributed by atoms with Crippen LogP contribution in [0.5, 0.6) is 0 Å². The van der Waals surface area contributed by atoms with E-state index in [0.29, 0.717) is 22.0 Å². The number of hydrogen-bond acceptors (Lipinski definition) is 4. The summed E-state index contributed by atoms with van der Waals surface area (Å²) in [6.07, 6.45) is 0. The van der Waals surface area contributed by atoms with Crippen LogP contribution in [-0.4, -0.2) is 25.5 Å². The predicted octanol–water partition coefficient (Wildman–Crippen LogP) is 4.48. The van der Waals surface area contributed by atoms with Crippen LogP contribution >= 0.6 is 34.8 Å². The summed E-state index contributed by atoms with van der Waals surface area (Å²) in [6.45, 7) is -0.0266. The fraction of sp³-hybridized carbons (Fsp3) is 0.125. The van der Waals surface area contributed by atoms with Crippen LogP contribution in [0.3, 0.4) is 0 Å². The highest BCUT2D eigenvalue weighted by Gasteiger charge is 2.10. The maximum Gasteiger partial charge on any atom is 0.337 e. The Labute approximate surface area is 153 Å². The number of nitrogens with one attached hydrogen (secondary N) is 2. The molecule has 2 N–H and O–H groups in total. The molecule has 0 saturated heterocycles. The Bertz CT molecular complexity index is 781. The SMILES string of the molecule is COC(=O)c1cccc(NCC(=O)Nc2cc(Cl)c(Cl)cc2Cl)c1. The first-order valence-electron chi connectivity index (χ1n) is 6.77. The second-order valence-electron chi connectivity index (χ2n) is 4.72. The Morgan fingerprint density at radius 2 is 1.75 bits per heavy atom. The lowest BCUT2D eigenvalue weighted by Gasteiger charge is -2.10. The zero-order chi connectivity index (χ0) is 17.7. The van der Waals surface area contributed by atoms with E-state index >= 15 is 0 Å². The van der Waals surface area contributed by atoms with E-state index in [1.165, 1.54) is 19.2 Å². The van der Waals surface area contributed by atoms with E-state index in [2.05, 4.69) is 15.4 Å². The summed E-state index contributed by atoms with van der Waals surface area (Å²) < 4.78 is 4.65. The Morgan fingerprint density at radius 1 is 1.04 bits per heavy atom. The van der Waals surface area contributed by atoms with E-state index in [1.54, 1.807) is 24.3 Å². The summed E-state index contributed by atoms with van der Waals surface area (Å²) in [6, 6.07) is 9.54. The Morgan fingerprint density at radius 3 is 2.46 bits per heavy atom. The molecule has 0 aliphatic rings. The van der Waals surface area contributed by atoms with Crippen molar-refractivity contribution in [3.05, 3.63) is 57.0 Å². The number of esters is 1. The third-order valence-electron chi connectivity index (χ3n) is 3.02. The highest BCUT2D eigenvalue weighted by atomic mass is 35.5.